The summed E-state index contributed by atoms with van der Waals surface area (Å²) < 4.78 is 31.7. The Bertz CT molecular complexity index is 746. The largest absolute Gasteiger partial charge is 0.452 e. The molecule has 0 aliphatic carbocycles. The Balaban J connectivity index is 2.28. The fourth-order valence-electron chi connectivity index (χ4n) is 1.78. The predicted octanol–water partition coefficient (Wildman–Crippen LogP) is 4.26. The first-order chi connectivity index (χ1) is 9.84. The molecule has 0 amide bonds. The van der Waals surface area contributed by atoms with Gasteiger partial charge in [-0.25, -0.2) is 8.42 Å². The summed E-state index contributed by atoms with van der Waals surface area (Å²) in [5.74, 6) is 0.491. The quantitative estimate of drug-likeness (QED) is 0.689. The Hall–Kier alpha value is -0.530. The Labute approximate surface area is 141 Å². The number of benzene rings is 1. The van der Waals surface area contributed by atoms with Crippen molar-refractivity contribution >= 4 is 49.2 Å². The van der Waals surface area contributed by atoms with E-state index in [9.17, 15) is 8.42 Å². The van der Waals surface area contributed by atoms with Crippen LogP contribution < -0.4 is 0 Å². The molecule has 1 aromatic carbocycles. The maximum Gasteiger partial charge on any atom is 0.247 e. The van der Waals surface area contributed by atoms with Crippen LogP contribution in [0.1, 0.15) is 11.3 Å². The van der Waals surface area contributed by atoms with Crippen molar-refractivity contribution in [3.63, 3.8) is 0 Å². The van der Waals surface area contributed by atoms with Gasteiger partial charge in [-0.05, 0) is 33.6 Å². The summed E-state index contributed by atoms with van der Waals surface area (Å²) in [6.45, 7) is 0.205. The molecule has 0 atom stereocenters. The molecule has 0 saturated carbocycles. The van der Waals surface area contributed by atoms with Crippen molar-refractivity contribution < 1.29 is 12.8 Å². The zero-order valence-electron chi connectivity index (χ0n) is 11.0. The van der Waals surface area contributed by atoms with E-state index in [1.807, 2.05) is 6.07 Å². The Morgan fingerprint density at radius 3 is 2.62 bits per heavy atom. The first kappa shape index (κ1) is 16.8. The molecule has 2 aromatic rings. The highest BCUT2D eigenvalue weighted by Crippen LogP contribution is 2.29. The van der Waals surface area contributed by atoms with Crippen molar-refractivity contribution in [3.05, 3.63) is 51.3 Å². The summed E-state index contributed by atoms with van der Waals surface area (Å²) in [6.07, 6.45) is 0. The molecule has 0 radical (unpaired) electrons. The highest BCUT2D eigenvalue weighted by Gasteiger charge is 2.27. The summed E-state index contributed by atoms with van der Waals surface area (Å²) >= 11 is 14.7. The van der Waals surface area contributed by atoms with Crippen molar-refractivity contribution in [2.75, 3.05) is 7.05 Å². The van der Waals surface area contributed by atoms with Gasteiger partial charge >= 0.3 is 0 Å². The summed E-state index contributed by atoms with van der Waals surface area (Å²) in [7, 11) is -2.18. The highest BCUT2D eigenvalue weighted by atomic mass is 79.9. The van der Waals surface area contributed by atoms with Crippen LogP contribution in [-0.4, -0.2) is 19.8 Å². The van der Waals surface area contributed by atoms with Gasteiger partial charge in [0, 0.05) is 24.7 Å². The molecule has 2 rings (SSSR count). The summed E-state index contributed by atoms with van der Waals surface area (Å²) in [5.41, 5.74) is 0.797. The third kappa shape index (κ3) is 3.81. The second-order valence-electron chi connectivity index (χ2n) is 4.38. The maximum absolute atomic E-state index is 12.5. The van der Waals surface area contributed by atoms with E-state index < -0.39 is 10.0 Å². The molecule has 0 aliphatic rings. The molecule has 21 heavy (non-hydrogen) atoms. The van der Waals surface area contributed by atoms with Crippen LogP contribution >= 0.6 is 39.1 Å². The molecule has 8 heteroatoms. The zero-order valence-corrected chi connectivity index (χ0v) is 14.9. The van der Waals surface area contributed by atoms with Gasteiger partial charge in [-0.3, -0.25) is 0 Å². The minimum absolute atomic E-state index is 0.0580. The van der Waals surface area contributed by atoms with E-state index in [0.717, 1.165) is 5.56 Å². The van der Waals surface area contributed by atoms with Crippen molar-refractivity contribution in [3.8, 4) is 0 Å². The number of hydrogen-bond acceptors (Lipinski definition) is 3. The number of halogens is 3. The lowest BCUT2D eigenvalue weighted by molar-refractivity contribution is 0.460. The molecule has 0 unspecified atom stereocenters. The summed E-state index contributed by atoms with van der Waals surface area (Å²) in [6, 6.07) is 8.46. The van der Waals surface area contributed by atoms with Gasteiger partial charge in [-0.15, -0.1) is 11.6 Å². The van der Waals surface area contributed by atoms with Crippen LogP contribution in [-0.2, 0) is 22.4 Å². The molecule has 0 bridgehead atoms. The van der Waals surface area contributed by atoms with Gasteiger partial charge in [0.1, 0.15) is 10.7 Å². The summed E-state index contributed by atoms with van der Waals surface area (Å²) in [5, 5.41) is 0.562. The number of hydrogen-bond donors (Lipinski definition) is 0. The number of sulfonamides is 1. The van der Waals surface area contributed by atoms with Crippen LogP contribution in [0.2, 0.25) is 5.02 Å². The highest BCUT2D eigenvalue weighted by molar-refractivity contribution is 9.10. The normalized spacial score (nSPS) is 12.0. The maximum atomic E-state index is 12.5. The van der Waals surface area contributed by atoms with Crippen LogP contribution in [0.25, 0.3) is 0 Å². The molecular weight excluding hydrogens is 401 g/mol. The Morgan fingerprint density at radius 1 is 1.33 bits per heavy atom. The number of furan rings is 1. The Morgan fingerprint density at radius 2 is 2.05 bits per heavy atom. The predicted molar refractivity (Wildman–Crippen MR) is 86.1 cm³/mol. The molecular formula is C13H12BrCl2NO3S. The minimum atomic E-state index is -3.68. The lowest BCUT2D eigenvalue weighted by atomic mass is 10.2. The van der Waals surface area contributed by atoms with Crippen LogP contribution in [0.3, 0.4) is 0 Å². The van der Waals surface area contributed by atoms with Crippen molar-refractivity contribution in [1.29, 1.82) is 0 Å². The molecule has 0 aliphatic heterocycles. The van der Waals surface area contributed by atoms with Crippen LogP contribution in [0, 0.1) is 0 Å². The average Bonchev–Trinajstić information content (AvgIpc) is 2.80. The van der Waals surface area contributed by atoms with Gasteiger partial charge in [0.15, 0.2) is 4.67 Å². The van der Waals surface area contributed by atoms with Crippen molar-refractivity contribution in [2.24, 2.45) is 0 Å². The van der Waals surface area contributed by atoms with Gasteiger partial charge in [0.25, 0.3) is 0 Å². The molecule has 1 aromatic heterocycles. The van der Waals surface area contributed by atoms with E-state index in [4.69, 9.17) is 27.6 Å². The van der Waals surface area contributed by atoms with Gasteiger partial charge in [-0.1, -0.05) is 23.7 Å². The molecule has 0 fully saturated rings. The van der Waals surface area contributed by atoms with Gasteiger partial charge in [-0.2, -0.15) is 4.31 Å². The van der Waals surface area contributed by atoms with E-state index in [-0.39, 0.29) is 22.0 Å². The molecule has 114 valence electrons. The van der Waals surface area contributed by atoms with Gasteiger partial charge < -0.3 is 4.42 Å². The molecule has 0 spiro atoms. The molecule has 1 heterocycles. The van der Waals surface area contributed by atoms with E-state index in [0.29, 0.717) is 10.8 Å². The number of rotatable bonds is 5. The monoisotopic (exact) mass is 411 g/mol. The van der Waals surface area contributed by atoms with E-state index in [2.05, 4.69) is 15.9 Å². The number of alkyl halides is 1. The second-order valence-corrected chi connectivity index (χ2v) is 7.81. The smallest absolute Gasteiger partial charge is 0.247 e. The molecule has 0 N–H and O–H groups in total. The molecule has 0 saturated heterocycles. The first-order valence-corrected chi connectivity index (χ1v) is 9.04. The lowest BCUT2D eigenvalue weighted by Gasteiger charge is -2.16. The van der Waals surface area contributed by atoms with Crippen molar-refractivity contribution in [2.45, 2.75) is 17.3 Å². The zero-order chi connectivity index (χ0) is 15.6. The first-order valence-electron chi connectivity index (χ1n) is 5.89. The average molecular weight is 413 g/mol. The van der Waals surface area contributed by atoms with Gasteiger partial charge in [0.05, 0.1) is 5.88 Å². The van der Waals surface area contributed by atoms with E-state index >= 15 is 0 Å². The topological polar surface area (TPSA) is 50.5 Å². The third-order valence-corrected chi connectivity index (χ3v) is 5.98. The van der Waals surface area contributed by atoms with E-state index in [1.165, 1.54) is 17.4 Å². The number of nitrogens with zero attached hydrogens (tertiary/aromatic N) is 1. The minimum Gasteiger partial charge on any atom is -0.452 e. The summed E-state index contributed by atoms with van der Waals surface area (Å²) in [4.78, 5) is 0.0580. The SMILES string of the molecule is CN(Cc1cccc(Cl)c1)S(=O)(=O)c1cc(CCl)oc1Br. The van der Waals surface area contributed by atoms with E-state index in [1.54, 1.807) is 18.2 Å². The van der Waals surface area contributed by atoms with Crippen LogP contribution in [0.15, 0.2) is 44.3 Å². The van der Waals surface area contributed by atoms with Gasteiger partial charge in [0.2, 0.25) is 10.0 Å². The third-order valence-electron chi connectivity index (χ3n) is 2.82. The Kier molecular flexibility index (Phi) is 5.38. The fraction of sp³-hybridized carbons (Fsp3) is 0.231. The van der Waals surface area contributed by atoms with Crippen LogP contribution in [0.4, 0.5) is 0 Å². The fourth-order valence-corrected chi connectivity index (χ4v) is 4.25. The standard InChI is InChI=1S/C13H12BrCl2NO3S/c1-17(8-9-3-2-4-10(16)5-9)21(18,19)12-6-11(7-15)20-13(12)14/h2-6H,7-8H2,1H3. The van der Waals surface area contributed by atoms with Crippen molar-refractivity contribution in [1.82, 2.24) is 4.31 Å². The van der Waals surface area contributed by atoms with Crippen LogP contribution in [0.5, 0.6) is 0 Å². The molecule has 4 nitrogen and oxygen atoms in total. The lowest BCUT2D eigenvalue weighted by Crippen LogP contribution is -2.26. The second kappa shape index (κ2) is 6.71.